The van der Waals surface area contributed by atoms with Crippen molar-refractivity contribution in [1.82, 2.24) is 4.90 Å². The van der Waals surface area contributed by atoms with E-state index >= 15 is 0 Å². The Hall–Kier alpha value is -13.0. The topological polar surface area (TPSA) is 792 Å². The molecule has 47 heteroatoms. The zero-order valence-corrected chi connectivity index (χ0v) is 83.6. The van der Waals surface area contributed by atoms with Crippen LogP contribution in [0.25, 0.3) is 0 Å². The van der Waals surface area contributed by atoms with Crippen molar-refractivity contribution in [1.29, 1.82) is 16.2 Å². The van der Waals surface area contributed by atoms with Gasteiger partial charge in [0.25, 0.3) is 5.91 Å². The molecule has 26 N–H and O–H groups in total. The predicted molar refractivity (Wildman–Crippen MR) is 539 cm³/mol. The molecule has 1 heterocycles. The lowest BCUT2D eigenvalue weighted by Gasteiger charge is -2.31. The van der Waals surface area contributed by atoms with Gasteiger partial charge in [0.2, 0.25) is 106 Å². The van der Waals surface area contributed by atoms with Gasteiger partial charge in [-0.1, -0.05) is 58.0 Å². The van der Waals surface area contributed by atoms with Gasteiger partial charge in [0, 0.05) is 32.7 Å². The Morgan fingerprint density at radius 2 is 0.715 bits per heavy atom. The molecule has 0 radical (unpaired) electrons. The van der Waals surface area contributed by atoms with Gasteiger partial charge in [-0.2, -0.15) is 0 Å². The van der Waals surface area contributed by atoms with E-state index in [-0.39, 0.29) is 63.3 Å². The van der Waals surface area contributed by atoms with E-state index in [0.29, 0.717) is 6.42 Å². The molecular formula is C90H149N23O24. The molecule has 1 fully saturated rings. The first-order valence-electron chi connectivity index (χ1n) is 44.4. The zero-order chi connectivity index (χ0) is 106. The van der Waals surface area contributed by atoms with Crippen molar-refractivity contribution in [2.24, 2.45) is 107 Å². The van der Waals surface area contributed by atoms with Crippen LogP contribution < -0.4 is 0 Å². The maximum absolute atomic E-state index is 14.5. The van der Waals surface area contributed by atoms with E-state index in [0.717, 1.165) is 5.56 Å². The Morgan fingerprint density at radius 1 is 0.380 bits per heavy atom. The molecule has 1 aromatic rings. The molecular weight excluding hydrogens is 1790 g/mol. The number of aliphatic hydroxyl groups excluding tert-OH is 23. The first-order chi connectivity index (χ1) is 62.4. The standard InChI is InChI=1S/C90H149N23O24/c1-46(2)42-56(101-74(131)84(14,15)107-67(124)55(37-40-60(93)118)100-76(133)86(18,19)110-78(135)88(22,23)106-64(121)49(6)96-73(130)83(12,13)105-63(120)48(5)95-72(129)82(10,11)103-50(7)115)68(125)108-81(8,9)71(128)94-44-61(119)104-87(20,21)77(134)112-90(26,27)80(137)113-41-31-34-57(113)69(126)102-62(47(3)4)70(127)109-89(24,25)79(136)111-85(16,17)75(132)99-54(36-39-59(92)117)66(123)98-53(35-38-58(91)116)65(122)97-52(45-114)43-51-32-29-28-30-33-51/h28-30,32-33,46-49,52-57,62,114H,31,34-45H2,1-27H3,(H2,91,116)(H2,92,117)(H2,93,118)(H,94,128)(H,95,129)(H,96,130)(H,97,122)(H,98,123)(H,99,132)(H,100,133)(H,101,131)(H,102,126)(H,103,115)(H,104,119)(H,105,120)(H,106,121)(H,107,124)(H,108,125)(H,109,127)(H,110,135)(H,111,136)(H,112,134). The molecule has 0 bridgehead atoms. The highest BCUT2D eigenvalue weighted by molar-refractivity contribution is 6.01. The largest absolute Gasteiger partial charge is 0.497 e. The lowest BCUT2D eigenvalue weighted by Crippen LogP contribution is -2.50. The highest BCUT2D eigenvalue weighted by Crippen LogP contribution is 2.31. The highest BCUT2D eigenvalue weighted by Gasteiger charge is 2.44. The van der Waals surface area contributed by atoms with Crippen LogP contribution in [0.2, 0.25) is 0 Å². The van der Waals surface area contributed by atoms with Crippen LogP contribution in [0.4, 0.5) is 0 Å². The number of aliphatic imine (C=N–C) groups is 19. The van der Waals surface area contributed by atoms with Gasteiger partial charge < -0.3 is 122 Å². The molecule has 1 aromatic carbocycles. The Kier molecular flexibility index (Phi) is 43.5. The minimum Gasteiger partial charge on any atom is -0.497 e. The second-order valence-electron chi connectivity index (χ2n) is 39.2. The Labute approximate surface area is 798 Å². The van der Waals surface area contributed by atoms with Crippen LogP contribution in [-0.2, 0) is 11.2 Å². The van der Waals surface area contributed by atoms with Crippen molar-refractivity contribution < 1.29 is 122 Å². The first-order valence-corrected chi connectivity index (χ1v) is 44.4. The van der Waals surface area contributed by atoms with E-state index in [9.17, 15) is 122 Å². The summed E-state index contributed by atoms with van der Waals surface area (Å²) in [6, 6.07) is -2.83. The van der Waals surface area contributed by atoms with Gasteiger partial charge in [-0.05, 0) is 215 Å². The summed E-state index contributed by atoms with van der Waals surface area (Å²) >= 11 is 0. The van der Waals surface area contributed by atoms with Crippen molar-refractivity contribution in [2.45, 2.75) is 361 Å². The molecule has 0 spiro atoms. The van der Waals surface area contributed by atoms with E-state index < -0.39 is 271 Å². The lowest BCUT2D eigenvalue weighted by molar-refractivity contribution is -0.135. The lowest BCUT2D eigenvalue weighted by atomic mass is 10.0. The van der Waals surface area contributed by atoms with Gasteiger partial charge >= 0.3 is 0 Å². The summed E-state index contributed by atoms with van der Waals surface area (Å²) in [7, 11) is 0. The molecule has 1 saturated heterocycles. The fourth-order valence-corrected chi connectivity index (χ4v) is 12.5. The summed E-state index contributed by atoms with van der Waals surface area (Å²) in [5, 5.41) is 277. The van der Waals surface area contributed by atoms with Crippen molar-refractivity contribution in [3.8, 4) is 0 Å². The van der Waals surface area contributed by atoms with E-state index in [1.807, 2.05) is 0 Å². The number of rotatable bonds is 53. The molecule has 1 aliphatic rings. The number of nitrogens with one attached hydrogen (secondary N) is 3. The Bertz CT molecular complexity index is 4980. The highest BCUT2D eigenvalue weighted by atomic mass is 16.3. The monoisotopic (exact) mass is 1940 g/mol. The van der Waals surface area contributed by atoms with Gasteiger partial charge in [0.1, 0.15) is 110 Å². The second kappa shape index (κ2) is 49.7. The van der Waals surface area contributed by atoms with Crippen LogP contribution >= 0.6 is 0 Å². The first kappa shape index (κ1) is 120. The van der Waals surface area contributed by atoms with Crippen LogP contribution in [0.3, 0.4) is 0 Å². The second-order valence-corrected chi connectivity index (χ2v) is 39.2. The number of likely N-dealkylation sites (tertiary alicyclic amines) is 1. The molecule has 9 unspecified atom stereocenters. The normalized spacial score (nSPS) is 18.7. The van der Waals surface area contributed by atoms with Crippen molar-refractivity contribution >= 4 is 136 Å². The SMILES string of the molecule is CC(O)=NC(C)(C)C(O)=NC(C)C(O)=NC(C)(C)C(O)=NC(C)C(O)=NC(C)(C)C(O)=NC(C)(C)C(O)=NC(CCC(=N)O)C(O)=NC(C)(C)C(O)=NC(CC(C)C)C(O)=NC(C)(C)C(O)=NCC(O)=NC(C)(C)C(O)=NC(C)(C)C(=O)N1CCCC1C(O)=NC(C(O)=NC(C)(C)C(O)=NC(C)(C)C(O)=NC(CCC(=N)O)C(O)=NC(CCC(=N)O)C(O)=NC(CO)Cc1ccccc1)C(C)C. The molecule has 0 aromatic heterocycles. The minimum atomic E-state index is -1.89. The summed E-state index contributed by atoms with van der Waals surface area (Å²) < 4.78 is 0. The van der Waals surface area contributed by atoms with Crippen LogP contribution in [-0.4, -0.2) is 387 Å². The molecule has 0 aliphatic carbocycles. The summed E-state index contributed by atoms with van der Waals surface area (Å²) in [5.41, 5.74) is -16.9. The molecule has 1 amide bonds. The van der Waals surface area contributed by atoms with Gasteiger partial charge in [-0.15, -0.1) is 0 Å². The van der Waals surface area contributed by atoms with Crippen molar-refractivity contribution in [3.63, 3.8) is 0 Å². The third-order valence-electron chi connectivity index (χ3n) is 21.0. The molecule has 47 nitrogen and oxygen atoms in total. The quantitative estimate of drug-likeness (QED) is 0.0213. The number of hydrogen-bond donors (Lipinski definition) is 26. The number of benzene rings is 1. The maximum atomic E-state index is 14.5. The van der Waals surface area contributed by atoms with Crippen molar-refractivity contribution in [2.75, 3.05) is 19.7 Å². The Morgan fingerprint density at radius 3 is 1.12 bits per heavy atom. The average molecular weight is 1940 g/mol. The fraction of sp³-hybridized carbons (Fsp3) is 0.678. The van der Waals surface area contributed by atoms with Crippen LogP contribution in [0, 0.1) is 28.1 Å². The number of carbonyl (C=O) groups is 1. The molecule has 2 rings (SSSR count). The molecule has 768 valence electrons. The van der Waals surface area contributed by atoms with E-state index in [2.05, 4.69) is 94.9 Å². The van der Waals surface area contributed by atoms with Gasteiger partial charge in [-0.3, -0.25) is 21.0 Å². The summed E-state index contributed by atoms with van der Waals surface area (Å²) in [4.78, 5) is 95.3. The minimum absolute atomic E-state index is 0.00435. The summed E-state index contributed by atoms with van der Waals surface area (Å²) in [6.07, 6.45) is -1.49. The van der Waals surface area contributed by atoms with Crippen LogP contribution in [0.15, 0.2) is 125 Å². The van der Waals surface area contributed by atoms with Gasteiger partial charge in [0.05, 0.1) is 12.6 Å². The molecule has 9 atom stereocenters. The predicted octanol–water partition coefficient (Wildman–Crippen LogP) is 13.8. The van der Waals surface area contributed by atoms with E-state index in [1.165, 1.54) is 164 Å². The maximum Gasteiger partial charge on any atom is 0.250 e. The smallest absolute Gasteiger partial charge is 0.250 e. The van der Waals surface area contributed by atoms with Crippen LogP contribution in [0.1, 0.15) is 250 Å². The number of carbonyl (C=O) groups excluding carboxylic acids is 1. The summed E-state index contributed by atoms with van der Waals surface area (Å²) in [5.74, 6) is -17.8. The number of hydrogen-bond acceptors (Lipinski definition) is 24. The number of aliphatic hydroxyl groups is 23. The fourth-order valence-electron chi connectivity index (χ4n) is 12.5. The van der Waals surface area contributed by atoms with Crippen LogP contribution in [0.5, 0.6) is 0 Å². The van der Waals surface area contributed by atoms with E-state index in [4.69, 9.17) is 16.2 Å². The van der Waals surface area contributed by atoms with Gasteiger partial charge in [0.15, 0.2) is 23.6 Å². The van der Waals surface area contributed by atoms with E-state index in [1.54, 1.807) is 58.0 Å². The number of amides is 1. The average Bonchev–Trinajstić information content (AvgIpc) is 1.69. The third-order valence-corrected chi connectivity index (χ3v) is 21.0. The van der Waals surface area contributed by atoms with Gasteiger partial charge in [-0.25, -0.2) is 94.9 Å². The molecule has 0 saturated carbocycles. The zero-order valence-electron chi connectivity index (χ0n) is 83.6. The Balaban J connectivity index is 2.51. The summed E-state index contributed by atoms with van der Waals surface area (Å²) in [6.45, 7) is 36.6. The van der Waals surface area contributed by atoms with Crippen molar-refractivity contribution in [3.05, 3.63) is 35.9 Å². The number of nitrogens with zero attached hydrogens (tertiary/aromatic N) is 20. The molecule has 137 heavy (non-hydrogen) atoms. The molecule has 1 aliphatic heterocycles. The third kappa shape index (κ3) is 38.2.